The van der Waals surface area contributed by atoms with Crippen LogP contribution in [0.1, 0.15) is 12.0 Å². The van der Waals surface area contributed by atoms with Crippen molar-refractivity contribution in [2.24, 2.45) is 0 Å². The predicted octanol–water partition coefficient (Wildman–Crippen LogP) is 2.53. The fourth-order valence-electron chi connectivity index (χ4n) is 1.52. The van der Waals surface area contributed by atoms with E-state index in [0.29, 0.717) is 13.0 Å². The number of amides is 1. The second kappa shape index (κ2) is 6.81. The number of nitrogens with zero attached hydrogens (tertiary/aromatic N) is 1. The average molecular weight is 268 g/mol. The van der Waals surface area contributed by atoms with Gasteiger partial charge in [0.2, 0.25) is 0 Å². The molecule has 0 unspecified atom stereocenters. The van der Waals surface area contributed by atoms with E-state index in [2.05, 4.69) is 0 Å². The Morgan fingerprint density at radius 1 is 1.28 bits per heavy atom. The fraction of sp³-hybridized carbons (Fsp3) is 0.231. The second-order valence-corrected chi connectivity index (χ2v) is 3.77. The molecule has 4 nitrogen and oxygen atoms in total. The summed E-state index contributed by atoms with van der Waals surface area (Å²) in [5.74, 6) is 0.0390. The topological polar surface area (TPSA) is 46.6 Å². The first-order chi connectivity index (χ1) is 8.25. The zero-order chi connectivity index (χ0) is 12.1. The van der Waals surface area contributed by atoms with Gasteiger partial charge in [-0.05, 0) is 11.6 Å². The van der Waals surface area contributed by atoms with Crippen molar-refractivity contribution in [1.82, 2.24) is 4.90 Å². The molecule has 0 aliphatic carbocycles. The van der Waals surface area contributed by atoms with E-state index >= 15 is 0 Å². The van der Waals surface area contributed by atoms with E-state index in [4.69, 9.17) is 4.74 Å². The average Bonchev–Trinajstić information content (AvgIpc) is 2.38. The summed E-state index contributed by atoms with van der Waals surface area (Å²) in [6.07, 6.45) is 2.81. The summed E-state index contributed by atoms with van der Waals surface area (Å²) in [4.78, 5) is 24.0. The zero-order valence-corrected chi connectivity index (χ0v) is 10.6. The normalized spacial score (nSPS) is 14.0. The number of halogens is 1. The largest absolute Gasteiger partial charge is 0.444 e. The number of hydrogen-bond acceptors (Lipinski definition) is 3. The lowest BCUT2D eigenvalue weighted by Gasteiger charge is -2.20. The van der Waals surface area contributed by atoms with Gasteiger partial charge < -0.3 is 4.74 Å². The van der Waals surface area contributed by atoms with E-state index in [0.717, 1.165) is 5.56 Å². The smallest absolute Gasteiger partial charge is 0.414 e. The Morgan fingerprint density at radius 2 is 2.00 bits per heavy atom. The third-order valence-corrected chi connectivity index (χ3v) is 2.48. The van der Waals surface area contributed by atoms with Gasteiger partial charge in [0, 0.05) is 19.2 Å². The number of allylic oxidation sites excluding steroid dienone is 1. The van der Waals surface area contributed by atoms with Crippen LogP contribution in [0.5, 0.6) is 0 Å². The van der Waals surface area contributed by atoms with Crippen LogP contribution in [0.25, 0.3) is 0 Å². The predicted molar refractivity (Wildman–Crippen MR) is 69.3 cm³/mol. The highest BCUT2D eigenvalue weighted by Gasteiger charge is 2.17. The van der Waals surface area contributed by atoms with Crippen molar-refractivity contribution in [2.75, 3.05) is 6.54 Å². The molecular weight excluding hydrogens is 254 g/mol. The molecule has 18 heavy (non-hydrogen) atoms. The molecule has 0 radical (unpaired) electrons. The van der Waals surface area contributed by atoms with Gasteiger partial charge in [-0.1, -0.05) is 30.3 Å². The maximum absolute atomic E-state index is 11.6. The minimum Gasteiger partial charge on any atom is -0.444 e. The van der Waals surface area contributed by atoms with Gasteiger partial charge >= 0.3 is 6.09 Å². The number of ketones is 1. The van der Waals surface area contributed by atoms with E-state index in [1.54, 1.807) is 0 Å². The van der Waals surface area contributed by atoms with Crippen LogP contribution in [0, 0.1) is 0 Å². The van der Waals surface area contributed by atoms with E-state index in [9.17, 15) is 9.59 Å². The molecule has 0 spiro atoms. The van der Waals surface area contributed by atoms with Crippen LogP contribution in [0.3, 0.4) is 0 Å². The number of hydrogen-bond donors (Lipinski definition) is 0. The molecule has 0 saturated heterocycles. The molecule has 1 amide bonds. The molecule has 1 aliphatic heterocycles. The van der Waals surface area contributed by atoms with Crippen LogP contribution < -0.4 is 0 Å². The number of ether oxygens (including phenoxy) is 1. The first-order valence-electron chi connectivity index (χ1n) is 5.44. The first-order valence-corrected chi connectivity index (χ1v) is 5.44. The summed E-state index contributed by atoms with van der Waals surface area (Å²) in [5.41, 5.74) is 0.943. The lowest BCUT2D eigenvalue weighted by atomic mass is 10.2. The van der Waals surface area contributed by atoms with Crippen molar-refractivity contribution in [2.45, 2.75) is 13.0 Å². The maximum atomic E-state index is 11.6. The van der Waals surface area contributed by atoms with Gasteiger partial charge in [0.25, 0.3) is 0 Å². The van der Waals surface area contributed by atoms with Crippen molar-refractivity contribution >= 4 is 24.3 Å². The summed E-state index contributed by atoms with van der Waals surface area (Å²) in [5, 5.41) is 0. The Morgan fingerprint density at radius 3 is 2.61 bits per heavy atom. The number of carbonyl (C=O) groups is 2. The molecule has 1 heterocycles. The standard InChI is InChI=1S/C13H13NO3.ClH/c15-12-6-8-14(9-7-12)13(16)17-10-11-4-2-1-3-5-11;/h1-6,8H,7,9-10H2;1H. The van der Waals surface area contributed by atoms with Gasteiger partial charge in [0.15, 0.2) is 5.78 Å². The molecule has 5 heteroatoms. The van der Waals surface area contributed by atoms with Crippen molar-refractivity contribution in [3.8, 4) is 0 Å². The number of carbonyl (C=O) groups excluding carboxylic acids is 2. The molecule has 0 fully saturated rings. The highest BCUT2D eigenvalue weighted by Crippen LogP contribution is 2.07. The SMILES string of the molecule is Cl.O=C1C=CN(C(=O)OCc2ccccc2)CC1. The summed E-state index contributed by atoms with van der Waals surface area (Å²) >= 11 is 0. The first kappa shape index (κ1) is 14.3. The third-order valence-electron chi connectivity index (χ3n) is 2.48. The van der Waals surface area contributed by atoms with Crippen molar-refractivity contribution in [3.63, 3.8) is 0 Å². The fourth-order valence-corrected chi connectivity index (χ4v) is 1.52. The monoisotopic (exact) mass is 267 g/mol. The van der Waals surface area contributed by atoms with E-state index in [-0.39, 0.29) is 24.8 Å². The van der Waals surface area contributed by atoms with Crippen LogP contribution in [-0.4, -0.2) is 23.3 Å². The molecule has 0 atom stereocenters. The Balaban J connectivity index is 0.00000162. The lowest BCUT2D eigenvalue weighted by molar-refractivity contribution is -0.115. The molecule has 0 bridgehead atoms. The molecule has 1 aromatic carbocycles. The number of benzene rings is 1. The zero-order valence-electron chi connectivity index (χ0n) is 9.74. The molecule has 1 aliphatic rings. The molecule has 0 saturated carbocycles. The quantitative estimate of drug-likeness (QED) is 0.827. The van der Waals surface area contributed by atoms with Gasteiger partial charge in [0.05, 0.1) is 0 Å². The molecule has 2 rings (SSSR count). The van der Waals surface area contributed by atoms with Crippen LogP contribution in [0.2, 0.25) is 0 Å². The summed E-state index contributed by atoms with van der Waals surface area (Å²) in [7, 11) is 0. The number of rotatable bonds is 2. The Kier molecular flexibility index (Phi) is 5.39. The minimum atomic E-state index is -0.419. The van der Waals surface area contributed by atoms with Crippen molar-refractivity contribution < 1.29 is 14.3 Å². The Hall–Kier alpha value is -1.81. The third kappa shape index (κ3) is 3.89. The van der Waals surface area contributed by atoms with Crippen LogP contribution >= 0.6 is 12.4 Å². The van der Waals surface area contributed by atoms with Gasteiger partial charge in [-0.2, -0.15) is 0 Å². The summed E-state index contributed by atoms with van der Waals surface area (Å²) in [6, 6.07) is 9.47. The van der Waals surface area contributed by atoms with Crippen molar-refractivity contribution in [1.29, 1.82) is 0 Å². The van der Waals surface area contributed by atoms with Gasteiger partial charge in [0.1, 0.15) is 6.61 Å². The molecular formula is C13H14ClNO3. The molecule has 1 aromatic rings. The highest BCUT2D eigenvalue weighted by atomic mass is 35.5. The summed E-state index contributed by atoms with van der Waals surface area (Å²) < 4.78 is 5.13. The van der Waals surface area contributed by atoms with Crippen molar-refractivity contribution in [3.05, 3.63) is 48.2 Å². The lowest BCUT2D eigenvalue weighted by Crippen LogP contribution is -2.31. The van der Waals surface area contributed by atoms with E-state index in [1.807, 2.05) is 30.3 Å². The second-order valence-electron chi connectivity index (χ2n) is 3.77. The van der Waals surface area contributed by atoms with E-state index < -0.39 is 6.09 Å². The van der Waals surface area contributed by atoms with Gasteiger partial charge in [-0.25, -0.2) is 4.79 Å². The molecule has 96 valence electrons. The Bertz CT molecular complexity index is 445. The Labute approximate surface area is 112 Å². The van der Waals surface area contributed by atoms with E-state index in [1.165, 1.54) is 17.2 Å². The highest BCUT2D eigenvalue weighted by molar-refractivity contribution is 5.91. The molecule has 0 N–H and O–H groups in total. The molecule has 0 aromatic heterocycles. The van der Waals surface area contributed by atoms with Crippen LogP contribution in [0.4, 0.5) is 4.79 Å². The van der Waals surface area contributed by atoms with Gasteiger partial charge in [-0.15, -0.1) is 12.4 Å². The van der Waals surface area contributed by atoms with Crippen LogP contribution in [0.15, 0.2) is 42.6 Å². The summed E-state index contributed by atoms with van der Waals surface area (Å²) in [6.45, 7) is 0.640. The van der Waals surface area contributed by atoms with Gasteiger partial charge in [-0.3, -0.25) is 9.69 Å². The minimum absolute atomic E-state index is 0. The van der Waals surface area contributed by atoms with Crippen LogP contribution in [-0.2, 0) is 16.1 Å². The maximum Gasteiger partial charge on any atom is 0.414 e.